The highest BCUT2D eigenvalue weighted by molar-refractivity contribution is 5.81. The zero-order valence-electron chi connectivity index (χ0n) is 13.6. The molecule has 2 aromatic carbocycles. The van der Waals surface area contributed by atoms with Gasteiger partial charge in [0.25, 0.3) is 0 Å². The second-order valence-electron chi connectivity index (χ2n) is 5.21. The van der Waals surface area contributed by atoms with Gasteiger partial charge < -0.3 is 14.8 Å². The summed E-state index contributed by atoms with van der Waals surface area (Å²) in [5.41, 5.74) is 1.64. The normalized spacial score (nSPS) is 11.0. The summed E-state index contributed by atoms with van der Waals surface area (Å²) in [6, 6.07) is 19.1. The van der Waals surface area contributed by atoms with Gasteiger partial charge in [0, 0.05) is 0 Å². The number of rotatable bonds is 7. The fourth-order valence-electron chi connectivity index (χ4n) is 2.02. The first kappa shape index (κ1) is 18.0. The van der Waals surface area contributed by atoms with Crippen LogP contribution in [0.5, 0.6) is 0 Å². The number of amides is 1. The molecule has 0 fully saturated rings. The quantitative estimate of drug-likeness (QED) is 0.784. The van der Waals surface area contributed by atoms with E-state index in [9.17, 15) is 9.59 Å². The number of ether oxygens (including phenoxy) is 2. The number of hydrogen-bond acceptors (Lipinski definition) is 5. The average molecular weight is 338 g/mol. The predicted octanol–water partition coefficient (Wildman–Crippen LogP) is 2.94. The average Bonchev–Trinajstić information content (AvgIpc) is 2.66. The van der Waals surface area contributed by atoms with Gasteiger partial charge in [-0.2, -0.15) is 5.26 Å². The molecule has 25 heavy (non-hydrogen) atoms. The molecule has 0 heterocycles. The fraction of sp³-hybridized carbons (Fsp3) is 0.211. The van der Waals surface area contributed by atoms with Gasteiger partial charge in [0.15, 0.2) is 0 Å². The predicted molar refractivity (Wildman–Crippen MR) is 90.0 cm³/mol. The lowest BCUT2D eigenvalue weighted by atomic mass is 10.2. The lowest BCUT2D eigenvalue weighted by Gasteiger charge is -2.15. The maximum Gasteiger partial charge on any atom is 0.408 e. The molecule has 0 aliphatic carbocycles. The highest BCUT2D eigenvalue weighted by Crippen LogP contribution is 2.05. The molecular weight excluding hydrogens is 320 g/mol. The van der Waals surface area contributed by atoms with E-state index in [1.165, 1.54) is 0 Å². The van der Waals surface area contributed by atoms with Gasteiger partial charge in [-0.05, 0) is 11.1 Å². The van der Waals surface area contributed by atoms with Crippen LogP contribution in [0, 0.1) is 11.3 Å². The third-order valence-electron chi connectivity index (χ3n) is 3.31. The Morgan fingerprint density at radius 2 is 1.44 bits per heavy atom. The first-order valence-electron chi connectivity index (χ1n) is 7.74. The molecule has 2 aromatic rings. The number of carbonyl (C=O) groups is 2. The number of nitrogens with zero attached hydrogens (tertiary/aromatic N) is 1. The van der Waals surface area contributed by atoms with Gasteiger partial charge in [0.1, 0.15) is 19.3 Å². The van der Waals surface area contributed by atoms with Crippen LogP contribution >= 0.6 is 0 Å². The number of hydrogen-bond donors (Lipinski definition) is 1. The van der Waals surface area contributed by atoms with E-state index in [1.807, 2.05) is 66.7 Å². The van der Waals surface area contributed by atoms with E-state index in [-0.39, 0.29) is 19.6 Å². The van der Waals surface area contributed by atoms with Crippen LogP contribution in [0.2, 0.25) is 0 Å². The van der Waals surface area contributed by atoms with Crippen LogP contribution < -0.4 is 5.32 Å². The van der Waals surface area contributed by atoms with E-state index in [0.717, 1.165) is 11.1 Å². The Bertz CT molecular complexity index is 726. The summed E-state index contributed by atoms with van der Waals surface area (Å²) in [5, 5.41) is 11.2. The van der Waals surface area contributed by atoms with Crippen LogP contribution in [-0.2, 0) is 27.5 Å². The van der Waals surface area contributed by atoms with Crippen molar-refractivity contribution in [2.45, 2.75) is 25.7 Å². The number of nitrogens with one attached hydrogen (secondary N) is 1. The Hall–Kier alpha value is -3.33. The van der Waals surface area contributed by atoms with Crippen molar-refractivity contribution in [3.63, 3.8) is 0 Å². The van der Waals surface area contributed by atoms with Crippen molar-refractivity contribution < 1.29 is 19.1 Å². The third kappa shape index (κ3) is 6.36. The fourth-order valence-corrected chi connectivity index (χ4v) is 2.02. The molecule has 1 amide bonds. The van der Waals surface area contributed by atoms with Crippen molar-refractivity contribution in [1.29, 1.82) is 5.26 Å². The van der Waals surface area contributed by atoms with Crippen LogP contribution in [0.1, 0.15) is 17.5 Å². The molecule has 2 rings (SSSR count). The third-order valence-corrected chi connectivity index (χ3v) is 3.31. The minimum atomic E-state index is -1.07. The van der Waals surface area contributed by atoms with Crippen molar-refractivity contribution in [3.8, 4) is 6.07 Å². The number of benzene rings is 2. The van der Waals surface area contributed by atoms with Gasteiger partial charge in [0.05, 0.1) is 12.5 Å². The van der Waals surface area contributed by atoms with E-state index in [2.05, 4.69) is 5.32 Å². The standard InChI is InChI=1S/C19H18N2O4/c20-12-11-17(18(22)24-13-15-7-3-1-4-8-15)21-19(23)25-14-16-9-5-2-6-10-16/h1-10,17H,11,13-14H2,(H,21,23)/t17-/m1/s1. The Morgan fingerprint density at radius 3 is 1.96 bits per heavy atom. The maximum absolute atomic E-state index is 12.1. The molecule has 0 aliphatic heterocycles. The van der Waals surface area contributed by atoms with Crippen LogP contribution in [0.25, 0.3) is 0 Å². The first-order valence-corrected chi connectivity index (χ1v) is 7.74. The molecule has 1 N–H and O–H groups in total. The second-order valence-corrected chi connectivity index (χ2v) is 5.21. The number of carbonyl (C=O) groups excluding carboxylic acids is 2. The monoisotopic (exact) mass is 338 g/mol. The molecule has 0 aliphatic rings. The summed E-state index contributed by atoms with van der Waals surface area (Å²) < 4.78 is 10.2. The largest absolute Gasteiger partial charge is 0.459 e. The summed E-state index contributed by atoms with van der Waals surface area (Å²) in [5.74, 6) is -0.679. The lowest BCUT2D eigenvalue weighted by Crippen LogP contribution is -2.41. The molecule has 0 spiro atoms. The second kappa shape index (κ2) is 9.73. The maximum atomic E-state index is 12.1. The summed E-state index contributed by atoms with van der Waals surface area (Å²) in [4.78, 5) is 23.9. The molecule has 6 heteroatoms. The Morgan fingerprint density at radius 1 is 0.920 bits per heavy atom. The van der Waals surface area contributed by atoms with Crippen LogP contribution in [0.15, 0.2) is 60.7 Å². The molecule has 0 aromatic heterocycles. The minimum Gasteiger partial charge on any atom is -0.459 e. The number of esters is 1. The van der Waals surface area contributed by atoms with Gasteiger partial charge in [0.2, 0.25) is 0 Å². The highest BCUT2D eigenvalue weighted by Gasteiger charge is 2.23. The summed E-state index contributed by atoms with van der Waals surface area (Å²) in [6.07, 6.45) is -0.977. The molecule has 6 nitrogen and oxygen atoms in total. The van der Waals surface area contributed by atoms with E-state index in [0.29, 0.717) is 0 Å². The molecular formula is C19H18N2O4. The van der Waals surface area contributed by atoms with Crippen LogP contribution in [-0.4, -0.2) is 18.1 Å². The molecule has 0 radical (unpaired) electrons. The smallest absolute Gasteiger partial charge is 0.408 e. The molecule has 0 saturated heterocycles. The topological polar surface area (TPSA) is 88.4 Å². The van der Waals surface area contributed by atoms with Gasteiger partial charge in [-0.1, -0.05) is 60.7 Å². The lowest BCUT2D eigenvalue weighted by molar-refractivity contribution is -0.147. The van der Waals surface area contributed by atoms with Crippen molar-refractivity contribution in [1.82, 2.24) is 5.32 Å². The van der Waals surface area contributed by atoms with Crippen molar-refractivity contribution in [2.24, 2.45) is 0 Å². The van der Waals surface area contributed by atoms with Crippen molar-refractivity contribution >= 4 is 12.1 Å². The summed E-state index contributed by atoms with van der Waals surface area (Å²) >= 11 is 0. The number of alkyl carbamates (subject to hydrolysis) is 1. The van der Waals surface area contributed by atoms with Gasteiger partial charge in [-0.15, -0.1) is 0 Å². The summed E-state index contributed by atoms with van der Waals surface area (Å²) in [7, 11) is 0. The molecule has 0 bridgehead atoms. The van der Waals surface area contributed by atoms with Gasteiger partial charge in [-0.25, -0.2) is 9.59 Å². The minimum absolute atomic E-state index is 0.0718. The molecule has 0 unspecified atom stereocenters. The molecule has 1 atom stereocenters. The Labute approximate surface area is 146 Å². The summed E-state index contributed by atoms with van der Waals surface area (Å²) in [6.45, 7) is 0.146. The van der Waals surface area contributed by atoms with Crippen molar-refractivity contribution in [2.75, 3.05) is 0 Å². The Kier molecular flexibility index (Phi) is 7.01. The number of nitriles is 1. The zero-order valence-corrected chi connectivity index (χ0v) is 13.6. The van der Waals surface area contributed by atoms with E-state index in [1.54, 1.807) is 0 Å². The SMILES string of the molecule is N#CC[C@@H](NC(=O)OCc1ccccc1)C(=O)OCc1ccccc1. The first-order chi connectivity index (χ1) is 12.2. The highest BCUT2D eigenvalue weighted by atomic mass is 16.6. The zero-order chi connectivity index (χ0) is 17.9. The Balaban J connectivity index is 1.83. The van der Waals surface area contributed by atoms with Gasteiger partial charge in [-0.3, -0.25) is 0 Å². The molecule has 0 saturated carbocycles. The van der Waals surface area contributed by atoms with Crippen molar-refractivity contribution in [3.05, 3.63) is 71.8 Å². The van der Waals surface area contributed by atoms with E-state index >= 15 is 0 Å². The van der Waals surface area contributed by atoms with E-state index < -0.39 is 18.1 Å². The van der Waals surface area contributed by atoms with Gasteiger partial charge >= 0.3 is 12.1 Å². The molecule has 128 valence electrons. The van der Waals surface area contributed by atoms with Crippen LogP contribution in [0.3, 0.4) is 0 Å². The van der Waals surface area contributed by atoms with Crippen LogP contribution in [0.4, 0.5) is 4.79 Å². The van der Waals surface area contributed by atoms with E-state index in [4.69, 9.17) is 14.7 Å².